The van der Waals surface area contributed by atoms with Crippen molar-refractivity contribution in [1.29, 1.82) is 0 Å². The van der Waals surface area contributed by atoms with Crippen LogP contribution in [0.5, 0.6) is 0 Å². The predicted octanol–water partition coefficient (Wildman–Crippen LogP) is 1.90. The van der Waals surface area contributed by atoms with E-state index in [2.05, 4.69) is 11.8 Å². The van der Waals surface area contributed by atoms with Gasteiger partial charge in [-0.05, 0) is 36.9 Å². The van der Waals surface area contributed by atoms with Crippen LogP contribution in [0.3, 0.4) is 0 Å². The molecular weight excluding hydrogens is 272 g/mol. The van der Waals surface area contributed by atoms with Gasteiger partial charge >= 0.3 is 0 Å². The highest BCUT2D eigenvalue weighted by Crippen LogP contribution is 2.31. The Morgan fingerprint density at radius 3 is 2.70 bits per heavy atom. The first-order chi connectivity index (χ1) is 9.49. The summed E-state index contributed by atoms with van der Waals surface area (Å²) in [6.45, 7) is 6.30. The summed E-state index contributed by atoms with van der Waals surface area (Å²) in [5.74, 6) is 1.17. The zero-order valence-electron chi connectivity index (χ0n) is 12.2. The maximum atomic E-state index is 12.2. The van der Waals surface area contributed by atoms with Crippen molar-refractivity contribution >= 4 is 15.5 Å². The van der Waals surface area contributed by atoms with Crippen LogP contribution in [0.1, 0.15) is 20.3 Å². The first-order valence-corrected chi connectivity index (χ1v) is 8.91. The molecule has 112 valence electrons. The van der Waals surface area contributed by atoms with Crippen molar-refractivity contribution in [3.05, 3.63) is 24.3 Å². The molecule has 1 heterocycles. The highest BCUT2D eigenvalue weighted by Gasteiger charge is 2.28. The highest BCUT2D eigenvalue weighted by atomic mass is 32.2. The number of hydrogen-bond donors (Lipinski definition) is 1. The average molecular weight is 296 g/mol. The molecule has 1 aromatic rings. The minimum Gasteiger partial charge on any atom is -0.370 e. The molecule has 20 heavy (non-hydrogen) atoms. The molecule has 0 aromatic heterocycles. The van der Waals surface area contributed by atoms with E-state index in [0.717, 1.165) is 25.2 Å². The van der Waals surface area contributed by atoms with Crippen LogP contribution in [0.15, 0.2) is 29.2 Å². The highest BCUT2D eigenvalue weighted by molar-refractivity contribution is 7.91. The van der Waals surface area contributed by atoms with Gasteiger partial charge in [-0.1, -0.05) is 26.0 Å². The van der Waals surface area contributed by atoms with Gasteiger partial charge in [0, 0.05) is 13.1 Å². The van der Waals surface area contributed by atoms with Crippen molar-refractivity contribution in [3.63, 3.8) is 0 Å². The first-order valence-electron chi connectivity index (χ1n) is 7.26. The van der Waals surface area contributed by atoms with E-state index in [4.69, 9.17) is 5.73 Å². The zero-order chi connectivity index (χ0) is 14.8. The van der Waals surface area contributed by atoms with Crippen molar-refractivity contribution in [3.8, 4) is 0 Å². The van der Waals surface area contributed by atoms with Gasteiger partial charge < -0.3 is 10.6 Å². The largest absolute Gasteiger partial charge is 0.370 e. The molecule has 1 aliphatic heterocycles. The summed E-state index contributed by atoms with van der Waals surface area (Å²) in [4.78, 5) is 2.63. The molecule has 0 aliphatic carbocycles. The van der Waals surface area contributed by atoms with Crippen LogP contribution in [0.2, 0.25) is 0 Å². The molecule has 0 amide bonds. The van der Waals surface area contributed by atoms with Gasteiger partial charge in [0.15, 0.2) is 9.84 Å². The van der Waals surface area contributed by atoms with E-state index in [-0.39, 0.29) is 5.75 Å². The second-order valence-corrected chi connectivity index (χ2v) is 7.83. The molecule has 0 radical (unpaired) electrons. The fourth-order valence-electron chi connectivity index (χ4n) is 2.81. The molecule has 4 nitrogen and oxygen atoms in total. The third-order valence-corrected chi connectivity index (χ3v) is 6.11. The first kappa shape index (κ1) is 15.3. The van der Waals surface area contributed by atoms with Crippen molar-refractivity contribution in [2.24, 2.45) is 17.6 Å². The summed E-state index contributed by atoms with van der Waals surface area (Å²) in [6, 6.07) is 7.31. The fourth-order valence-corrected chi connectivity index (χ4v) is 3.92. The van der Waals surface area contributed by atoms with Gasteiger partial charge in [-0.3, -0.25) is 0 Å². The van der Waals surface area contributed by atoms with Crippen LogP contribution in [0, 0.1) is 11.8 Å². The van der Waals surface area contributed by atoms with Crippen LogP contribution in [-0.2, 0) is 9.84 Å². The van der Waals surface area contributed by atoms with E-state index in [9.17, 15) is 8.42 Å². The Balaban J connectivity index is 2.34. The molecule has 2 atom stereocenters. The predicted molar refractivity (Wildman–Crippen MR) is 82.7 cm³/mol. The second kappa shape index (κ2) is 6.14. The summed E-state index contributed by atoms with van der Waals surface area (Å²) in [7, 11) is -3.19. The minimum atomic E-state index is -3.19. The maximum absolute atomic E-state index is 12.2. The third-order valence-electron chi connectivity index (χ3n) is 4.34. The summed E-state index contributed by atoms with van der Waals surface area (Å²) in [5, 5.41) is 0. The number of rotatable bonds is 4. The lowest BCUT2D eigenvalue weighted by Crippen LogP contribution is -2.43. The van der Waals surface area contributed by atoms with Crippen LogP contribution >= 0.6 is 0 Å². The normalized spacial score (nSPS) is 23.9. The molecule has 2 N–H and O–H groups in total. The average Bonchev–Trinajstić information content (AvgIpc) is 2.48. The molecule has 2 unspecified atom stereocenters. The molecule has 0 spiro atoms. The topological polar surface area (TPSA) is 63.4 Å². The smallest absolute Gasteiger partial charge is 0.180 e. The van der Waals surface area contributed by atoms with Crippen molar-refractivity contribution in [2.45, 2.75) is 25.2 Å². The van der Waals surface area contributed by atoms with E-state index in [1.165, 1.54) is 0 Å². The molecular formula is C15H24N2O2S. The van der Waals surface area contributed by atoms with Crippen LogP contribution < -0.4 is 10.6 Å². The molecule has 1 saturated heterocycles. The number of nitrogens with two attached hydrogens (primary N) is 1. The molecule has 1 aliphatic rings. The lowest BCUT2D eigenvalue weighted by Gasteiger charge is -2.38. The minimum absolute atomic E-state index is 0.134. The second-order valence-electron chi connectivity index (χ2n) is 5.58. The van der Waals surface area contributed by atoms with Gasteiger partial charge in [-0.15, -0.1) is 0 Å². The number of benzene rings is 1. The number of piperidine rings is 1. The lowest BCUT2D eigenvalue weighted by molar-refractivity contribution is 0.307. The Kier molecular flexibility index (Phi) is 4.70. The summed E-state index contributed by atoms with van der Waals surface area (Å²) >= 11 is 0. The van der Waals surface area contributed by atoms with Gasteiger partial charge in [-0.2, -0.15) is 0 Å². The van der Waals surface area contributed by atoms with E-state index in [0.29, 0.717) is 23.3 Å². The Morgan fingerprint density at radius 1 is 1.35 bits per heavy atom. The summed E-state index contributed by atoms with van der Waals surface area (Å²) in [6.07, 6.45) is 1.06. The number of para-hydroxylation sites is 1. The van der Waals surface area contributed by atoms with Crippen LogP contribution in [0.4, 0.5) is 5.69 Å². The van der Waals surface area contributed by atoms with Crippen molar-refractivity contribution in [1.82, 2.24) is 0 Å². The Bertz CT molecular complexity index is 557. The van der Waals surface area contributed by atoms with Gasteiger partial charge in [0.1, 0.15) is 0 Å². The monoisotopic (exact) mass is 296 g/mol. The van der Waals surface area contributed by atoms with Crippen molar-refractivity contribution < 1.29 is 8.42 Å². The Morgan fingerprint density at radius 2 is 2.05 bits per heavy atom. The third kappa shape index (κ3) is 2.99. The molecule has 2 rings (SSSR count). The van der Waals surface area contributed by atoms with Crippen molar-refractivity contribution in [2.75, 3.05) is 30.3 Å². The van der Waals surface area contributed by atoms with Crippen LogP contribution in [-0.4, -0.2) is 33.8 Å². The van der Waals surface area contributed by atoms with Crippen LogP contribution in [0.25, 0.3) is 0 Å². The van der Waals surface area contributed by atoms with E-state index in [1.807, 2.05) is 12.1 Å². The number of anilines is 1. The number of sulfone groups is 1. The molecule has 0 saturated carbocycles. The van der Waals surface area contributed by atoms with E-state index >= 15 is 0 Å². The Hall–Kier alpha value is -1.07. The molecule has 5 heteroatoms. The van der Waals surface area contributed by atoms with Gasteiger partial charge in [0.05, 0.1) is 16.3 Å². The van der Waals surface area contributed by atoms with E-state index in [1.54, 1.807) is 19.1 Å². The molecule has 1 aromatic carbocycles. The molecule has 1 fully saturated rings. The Labute approximate surface area is 121 Å². The van der Waals surface area contributed by atoms with E-state index < -0.39 is 9.84 Å². The standard InChI is InChI=1S/C15H24N2O2S/c1-3-20(18,19)15-7-5-4-6-14(15)17-9-8-12(2)13(10-16)11-17/h4-7,12-13H,3,8-11,16H2,1-2H3. The zero-order valence-corrected chi connectivity index (χ0v) is 13.1. The van der Waals surface area contributed by atoms with Gasteiger partial charge in [-0.25, -0.2) is 8.42 Å². The summed E-state index contributed by atoms with van der Waals surface area (Å²) < 4.78 is 24.5. The fraction of sp³-hybridized carbons (Fsp3) is 0.600. The SMILES string of the molecule is CCS(=O)(=O)c1ccccc1N1CCC(C)C(CN)C1. The number of hydrogen-bond acceptors (Lipinski definition) is 4. The molecule has 0 bridgehead atoms. The van der Waals surface area contributed by atoms with Gasteiger partial charge in [0.25, 0.3) is 0 Å². The maximum Gasteiger partial charge on any atom is 0.180 e. The van der Waals surface area contributed by atoms with Gasteiger partial charge in [0.2, 0.25) is 0 Å². The summed E-state index contributed by atoms with van der Waals surface area (Å²) in [5.41, 5.74) is 6.67. The number of nitrogens with zero attached hydrogens (tertiary/aromatic N) is 1. The quantitative estimate of drug-likeness (QED) is 0.922. The lowest BCUT2D eigenvalue weighted by atomic mass is 9.87.